The van der Waals surface area contributed by atoms with Crippen molar-refractivity contribution in [1.29, 1.82) is 0 Å². The number of carbonyl (C=O) groups is 2. The lowest BCUT2D eigenvalue weighted by molar-refractivity contribution is 0.0523. The first-order valence-corrected chi connectivity index (χ1v) is 9.97. The van der Waals surface area contributed by atoms with Crippen LogP contribution in [0, 0.1) is 0 Å². The molecule has 0 atom stereocenters. The monoisotopic (exact) mass is 394 g/mol. The van der Waals surface area contributed by atoms with Crippen LogP contribution in [0.15, 0.2) is 29.2 Å². The van der Waals surface area contributed by atoms with Crippen LogP contribution in [-0.2, 0) is 16.0 Å². The highest BCUT2D eigenvalue weighted by molar-refractivity contribution is 7.98. The summed E-state index contributed by atoms with van der Waals surface area (Å²) in [7, 11) is 1.32. The van der Waals surface area contributed by atoms with Gasteiger partial charge in [0.2, 0.25) is 0 Å². The number of aromatic nitrogens is 1. The lowest BCUT2D eigenvalue weighted by Gasteiger charge is -2.19. The summed E-state index contributed by atoms with van der Waals surface area (Å²) < 4.78 is 10.0. The standard InChI is InChI=1S/C18H22N2O4S2/c1-18(2,3)24-17(22)19-10-13-20-14(16(21)23-4)15(26-13)11-6-8-12(25-5)9-7-11/h6-9H,10H2,1-5H3,(H,19,22). The molecule has 0 fully saturated rings. The predicted octanol–water partition coefficient (Wildman–Crippen LogP) is 4.34. The summed E-state index contributed by atoms with van der Waals surface area (Å²) in [6, 6.07) is 7.85. The molecule has 0 aliphatic heterocycles. The highest BCUT2D eigenvalue weighted by Gasteiger charge is 2.21. The van der Waals surface area contributed by atoms with Crippen LogP contribution in [0.1, 0.15) is 36.3 Å². The lowest BCUT2D eigenvalue weighted by Crippen LogP contribution is -2.32. The van der Waals surface area contributed by atoms with Gasteiger partial charge in [-0.3, -0.25) is 0 Å². The van der Waals surface area contributed by atoms with E-state index in [0.717, 1.165) is 10.5 Å². The van der Waals surface area contributed by atoms with E-state index in [4.69, 9.17) is 9.47 Å². The van der Waals surface area contributed by atoms with Crippen molar-refractivity contribution >= 4 is 35.2 Å². The number of esters is 1. The van der Waals surface area contributed by atoms with Crippen molar-refractivity contribution in [2.24, 2.45) is 0 Å². The Morgan fingerprint density at radius 1 is 1.23 bits per heavy atom. The number of thiazole rings is 1. The molecule has 1 amide bonds. The van der Waals surface area contributed by atoms with E-state index in [1.165, 1.54) is 18.4 Å². The smallest absolute Gasteiger partial charge is 0.408 e. The number of hydrogen-bond acceptors (Lipinski definition) is 7. The molecule has 0 spiro atoms. The second kappa shape index (κ2) is 8.55. The van der Waals surface area contributed by atoms with Crippen molar-refractivity contribution in [3.63, 3.8) is 0 Å². The lowest BCUT2D eigenvalue weighted by atomic mass is 10.1. The molecule has 8 heteroatoms. The number of thioether (sulfide) groups is 1. The Bertz CT molecular complexity index is 779. The summed E-state index contributed by atoms with van der Waals surface area (Å²) in [4.78, 5) is 30.1. The van der Waals surface area contributed by atoms with Crippen LogP contribution in [0.5, 0.6) is 0 Å². The van der Waals surface area contributed by atoms with Gasteiger partial charge in [-0.1, -0.05) is 12.1 Å². The molecule has 0 saturated carbocycles. The van der Waals surface area contributed by atoms with Crippen molar-refractivity contribution in [3.05, 3.63) is 35.0 Å². The fourth-order valence-electron chi connectivity index (χ4n) is 2.08. The van der Waals surface area contributed by atoms with Crippen molar-refractivity contribution < 1.29 is 19.1 Å². The van der Waals surface area contributed by atoms with Crippen LogP contribution in [0.25, 0.3) is 10.4 Å². The number of rotatable bonds is 5. The average molecular weight is 395 g/mol. The van der Waals surface area contributed by atoms with Crippen LogP contribution < -0.4 is 5.32 Å². The maximum Gasteiger partial charge on any atom is 0.408 e. The second-order valence-corrected chi connectivity index (χ2v) is 8.32. The molecule has 2 rings (SSSR count). The van der Waals surface area contributed by atoms with Crippen LogP contribution in [-0.4, -0.2) is 36.0 Å². The van der Waals surface area contributed by atoms with E-state index >= 15 is 0 Å². The predicted molar refractivity (Wildman–Crippen MR) is 104 cm³/mol. The topological polar surface area (TPSA) is 77.5 Å². The van der Waals surface area contributed by atoms with Crippen LogP contribution in [0.4, 0.5) is 4.79 Å². The molecular formula is C18H22N2O4S2. The second-order valence-electron chi connectivity index (χ2n) is 6.36. The van der Waals surface area contributed by atoms with E-state index in [-0.39, 0.29) is 12.2 Å². The van der Waals surface area contributed by atoms with E-state index in [2.05, 4.69) is 10.3 Å². The number of nitrogens with zero attached hydrogens (tertiary/aromatic N) is 1. The minimum atomic E-state index is -0.575. The summed E-state index contributed by atoms with van der Waals surface area (Å²) in [5, 5.41) is 3.25. The quantitative estimate of drug-likeness (QED) is 0.600. The third-order valence-electron chi connectivity index (χ3n) is 3.19. The molecule has 6 nitrogen and oxygen atoms in total. The number of ether oxygens (including phenoxy) is 2. The summed E-state index contributed by atoms with van der Waals surface area (Å²) in [5.41, 5.74) is 0.550. The maximum absolute atomic E-state index is 12.1. The van der Waals surface area contributed by atoms with Crippen molar-refractivity contribution in [3.8, 4) is 10.4 Å². The molecule has 0 unspecified atom stereocenters. The summed E-state index contributed by atoms with van der Waals surface area (Å²) in [6.07, 6.45) is 1.47. The van der Waals surface area contributed by atoms with Gasteiger partial charge in [-0.2, -0.15) is 0 Å². The molecule has 1 heterocycles. The number of benzene rings is 1. The minimum Gasteiger partial charge on any atom is -0.464 e. The van der Waals surface area contributed by atoms with E-state index in [1.54, 1.807) is 32.5 Å². The van der Waals surface area contributed by atoms with Gasteiger partial charge in [0.1, 0.15) is 10.6 Å². The summed E-state index contributed by atoms with van der Waals surface area (Å²) >= 11 is 2.98. The molecule has 0 saturated heterocycles. The Hall–Kier alpha value is -2.06. The molecule has 140 valence electrons. The van der Waals surface area contributed by atoms with Gasteiger partial charge >= 0.3 is 12.1 Å². The van der Waals surface area contributed by atoms with Crippen LogP contribution in [0.2, 0.25) is 0 Å². The van der Waals surface area contributed by atoms with Crippen molar-refractivity contribution in [2.45, 2.75) is 37.8 Å². The van der Waals surface area contributed by atoms with E-state index in [1.807, 2.05) is 30.5 Å². The summed E-state index contributed by atoms with van der Waals surface area (Å²) in [6.45, 7) is 5.55. The third-order valence-corrected chi connectivity index (χ3v) is 5.03. The molecule has 26 heavy (non-hydrogen) atoms. The Kier molecular flexibility index (Phi) is 6.66. The normalized spacial score (nSPS) is 11.1. The summed E-state index contributed by atoms with van der Waals surface area (Å²) in [5.74, 6) is -0.506. The highest BCUT2D eigenvalue weighted by Crippen LogP contribution is 2.32. The molecule has 0 aliphatic carbocycles. The molecule has 1 N–H and O–H groups in total. The first-order chi connectivity index (χ1) is 12.2. The molecule has 0 radical (unpaired) electrons. The SMILES string of the molecule is COC(=O)c1nc(CNC(=O)OC(C)(C)C)sc1-c1ccc(SC)cc1. The first-order valence-electron chi connectivity index (χ1n) is 7.93. The molecule has 1 aromatic carbocycles. The van der Waals surface area contributed by atoms with Crippen LogP contribution >= 0.6 is 23.1 Å². The van der Waals surface area contributed by atoms with Gasteiger partial charge in [0.05, 0.1) is 18.5 Å². The number of nitrogens with one attached hydrogen (secondary N) is 1. The molecular weight excluding hydrogens is 372 g/mol. The Morgan fingerprint density at radius 3 is 2.42 bits per heavy atom. The Labute approximate surface area is 161 Å². The van der Waals surface area contributed by atoms with Gasteiger partial charge < -0.3 is 14.8 Å². The van der Waals surface area contributed by atoms with Crippen molar-refractivity contribution in [1.82, 2.24) is 10.3 Å². The zero-order chi connectivity index (χ0) is 19.3. The maximum atomic E-state index is 12.1. The van der Waals surface area contributed by atoms with Gasteiger partial charge in [-0.15, -0.1) is 23.1 Å². The van der Waals surface area contributed by atoms with Gasteiger partial charge in [-0.05, 0) is 44.7 Å². The largest absolute Gasteiger partial charge is 0.464 e. The zero-order valence-corrected chi connectivity index (χ0v) is 17.0. The molecule has 2 aromatic rings. The fourth-order valence-corrected chi connectivity index (χ4v) is 3.48. The first kappa shape index (κ1) is 20.3. The number of methoxy groups -OCH3 is 1. The van der Waals surface area contributed by atoms with E-state index in [9.17, 15) is 9.59 Å². The Balaban J connectivity index is 2.22. The van der Waals surface area contributed by atoms with Crippen molar-refractivity contribution in [2.75, 3.05) is 13.4 Å². The minimum absolute atomic E-state index is 0.173. The zero-order valence-electron chi connectivity index (χ0n) is 15.4. The van der Waals surface area contributed by atoms with E-state index < -0.39 is 17.7 Å². The number of carbonyl (C=O) groups excluding carboxylic acids is 2. The molecule has 0 aliphatic rings. The number of amides is 1. The molecule has 1 aromatic heterocycles. The fraction of sp³-hybridized carbons (Fsp3) is 0.389. The van der Waals surface area contributed by atoms with Gasteiger partial charge in [0.15, 0.2) is 5.69 Å². The van der Waals surface area contributed by atoms with Crippen LogP contribution in [0.3, 0.4) is 0 Å². The average Bonchev–Trinajstić information content (AvgIpc) is 3.02. The third kappa shape index (κ3) is 5.47. The number of alkyl carbamates (subject to hydrolysis) is 1. The van der Waals surface area contributed by atoms with Gasteiger partial charge in [-0.25, -0.2) is 14.6 Å². The number of hydrogen-bond donors (Lipinski definition) is 1. The highest BCUT2D eigenvalue weighted by atomic mass is 32.2. The van der Waals surface area contributed by atoms with Gasteiger partial charge in [0.25, 0.3) is 0 Å². The molecule has 0 bridgehead atoms. The Morgan fingerprint density at radius 2 is 1.88 bits per heavy atom. The van der Waals surface area contributed by atoms with Gasteiger partial charge in [0, 0.05) is 4.90 Å². The van der Waals surface area contributed by atoms with E-state index in [0.29, 0.717) is 9.88 Å².